The fourth-order valence-corrected chi connectivity index (χ4v) is 3.29. The van der Waals surface area contributed by atoms with Gasteiger partial charge in [-0.25, -0.2) is 0 Å². The maximum absolute atomic E-state index is 10.5. The number of aliphatic hydroxyl groups is 1. The highest BCUT2D eigenvalue weighted by molar-refractivity contribution is 9.10. The predicted octanol–water partition coefficient (Wildman–Crippen LogP) is 3.55. The minimum Gasteiger partial charge on any atom is -0.384 e. The van der Waals surface area contributed by atoms with E-state index in [4.69, 9.17) is 0 Å². The summed E-state index contributed by atoms with van der Waals surface area (Å²) in [5, 5.41) is 11.2. The second-order valence-electron chi connectivity index (χ2n) is 4.20. The molecule has 1 aliphatic heterocycles. The summed E-state index contributed by atoms with van der Waals surface area (Å²) in [4.78, 5) is 0. The summed E-state index contributed by atoms with van der Waals surface area (Å²) < 4.78 is 1.06. The van der Waals surface area contributed by atoms with Crippen molar-refractivity contribution in [1.29, 1.82) is 0 Å². The second kappa shape index (κ2) is 4.48. The third-order valence-corrected chi connectivity index (χ3v) is 4.93. The number of benzene rings is 1. The van der Waals surface area contributed by atoms with Crippen LogP contribution in [0, 0.1) is 0 Å². The van der Waals surface area contributed by atoms with E-state index in [1.165, 1.54) is 0 Å². The van der Waals surface area contributed by atoms with Gasteiger partial charge in [-0.15, -0.1) is 0 Å². The molecule has 2 atom stereocenters. The predicted molar refractivity (Wildman–Crippen MR) is 69.2 cm³/mol. The number of hydrogen-bond donors (Lipinski definition) is 1. The molecule has 1 aliphatic rings. The smallest absolute Gasteiger partial charge is 0.0987 e. The van der Waals surface area contributed by atoms with E-state index >= 15 is 0 Å². The van der Waals surface area contributed by atoms with Crippen molar-refractivity contribution in [3.63, 3.8) is 0 Å². The number of rotatable bonds is 1. The molecule has 0 radical (unpaired) electrons. The molecule has 1 N–H and O–H groups in total. The first-order valence-electron chi connectivity index (χ1n) is 5.20. The molecule has 0 aliphatic carbocycles. The SMILES string of the molecule is C[C@H]1CC[C@](O)(c2ccc(Br)cc2)CS1. The number of hydrogen-bond acceptors (Lipinski definition) is 2. The van der Waals surface area contributed by atoms with Crippen LogP contribution in [0.2, 0.25) is 0 Å². The molecular weight excluding hydrogens is 272 g/mol. The molecule has 0 aromatic heterocycles. The Morgan fingerprint density at radius 3 is 2.60 bits per heavy atom. The van der Waals surface area contributed by atoms with Gasteiger partial charge in [0.05, 0.1) is 5.60 Å². The lowest BCUT2D eigenvalue weighted by molar-refractivity contribution is 0.0471. The van der Waals surface area contributed by atoms with Gasteiger partial charge in [0.1, 0.15) is 0 Å². The van der Waals surface area contributed by atoms with E-state index < -0.39 is 5.60 Å². The highest BCUT2D eigenvalue weighted by Gasteiger charge is 2.33. The summed E-state index contributed by atoms with van der Waals surface area (Å²) >= 11 is 5.27. The Balaban J connectivity index is 2.18. The molecular formula is C12H15BrOS. The molecule has 2 rings (SSSR count). The molecule has 0 spiro atoms. The average molecular weight is 287 g/mol. The van der Waals surface area contributed by atoms with Gasteiger partial charge >= 0.3 is 0 Å². The molecule has 3 heteroatoms. The quantitative estimate of drug-likeness (QED) is 0.852. The van der Waals surface area contributed by atoms with Crippen LogP contribution in [-0.4, -0.2) is 16.1 Å². The van der Waals surface area contributed by atoms with Gasteiger partial charge in [-0.1, -0.05) is 35.0 Å². The fraction of sp³-hybridized carbons (Fsp3) is 0.500. The molecule has 1 aromatic rings. The van der Waals surface area contributed by atoms with Gasteiger partial charge in [0.2, 0.25) is 0 Å². The standard InChI is InChI=1S/C12H15BrOS/c1-9-6-7-12(14,8-15-9)10-2-4-11(13)5-3-10/h2-5,9,14H,6-8H2,1H3/t9-,12+/m0/s1. The monoisotopic (exact) mass is 286 g/mol. The second-order valence-corrected chi connectivity index (χ2v) is 6.54. The number of thioether (sulfide) groups is 1. The fourth-order valence-electron chi connectivity index (χ4n) is 1.87. The van der Waals surface area contributed by atoms with E-state index in [-0.39, 0.29) is 0 Å². The Hall–Kier alpha value is 0.01000. The minimum atomic E-state index is -0.613. The van der Waals surface area contributed by atoms with E-state index in [9.17, 15) is 5.11 Å². The van der Waals surface area contributed by atoms with Crippen molar-refractivity contribution >= 4 is 27.7 Å². The number of halogens is 1. The zero-order chi connectivity index (χ0) is 10.9. The first kappa shape index (κ1) is 11.5. The van der Waals surface area contributed by atoms with Gasteiger partial charge in [0.25, 0.3) is 0 Å². The van der Waals surface area contributed by atoms with Gasteiger partial charge in [0, 0.05) is 15.5 Å². The van der Waals surface area contributed by atoms with Crippen LogP contribution < -0.4 is 0 Å². The Kier molecular flexibility index (Phi) is 3.43. The molecule has 82 valence electrons. The topological polar surface area (TPSA) is 20.2 Å². The van der Waals surface area contributed by atoms with Crippen LogP contribution in [0.4, 0.5) is 0 Å². The van der Waals surface area contributed by atoms with Gasteiger partial charge in [0.15, 0.2) is 0 Å². The first-order chi connectivity index (χ1) is 7.10. The highest BCUT2D eigenvalue weighted by atomic mass is 79.9. The van der Waals surface area contributed by atoms with Gasteiger partial charge in [-0.3, -0.25) is 0 Å². The third-order valence-electron chi connectivity index (χ3n) is 2.95. The minimum absolute atomic E-state index is 0.613. The Labute approximate surface area is 103 Å². The summed E-state index contributed by atoms with van der Waals surface area (Å²) in [5.74, 6) is 0.815. The van der Waals surface area contributed by atoms with Crippen LogP contribution in [0.25, 0.3) is 0 Å². The van der Waals surface area contributed by atoms with Crippen molar-refractivity contribution in [3.8, 4) is 0 Å². The highest BCUT2D eigenvalue weighted by Crippen LogP contribution is 2.38. The Bertz CT molecular complexity index is 328. The van der Waals surface area contributed by atoms with Crippen molar-refractivity contribution in [2.45, 2.75) is 30.6 Å². The van der Waals surface area contributed by atoms with E-state index in [1.807, 2.05) is 36.0 Å². The van der Waals surface area contributed by atoms with Crippen LogP contribution in [0.1, 0.15) is 25.3 Å². The summed E-state index contributed by atoms with van der Waals surface area (Å²) in [6.07, 6.45) is 1.97. The van der Waals surface area contributed by atoms with Crippen molar-refractivity contribution in [3.05, 3.63) is 34.3 Å². The van der Waals surface area contributed by atoms with E-state index in [2.05, 4.69) is 22.9 Å². The summed E-state index contributed by atoms with van der Waals surface area (Å²) in [6.45, 7) is 2.23. The maximum atomic E-state index is 10.5. The van der Waals surface area contributed by atoms with Crippen LogP contribution in [0.3, 0.4) is 0 Å². The van der Waals surface area contributed by atoms with Crippen molar-refractivity contribution in [2.24, 2.45) is 0 Å². The van der Waals surface area contributed by atoms with Gasteiger partial charge in [-0.05, 0) is 30.5 Å². The first-order valence-corrected chi connectivity index (χ1v) is 7.04. The lowest BCUT2D eigenvalue weighted by Crippen LogP contribution is -2.33. The molecule has 0 bridgehead atoms. The molecule has 1 nitrogen and oxygen atoms in total. The lowest BCUT2D eigenvalue weighted by Gasteiger charge is -2.34. The summed E-state index contributed by atoms with van der Waals surface area (Å²) in [7, 11) is 0. The molecule has 1 heterocycles. The molecule has 15 heavy (non-hydrogen) atoms. The Morgan fingerprint density at radius 2 is 2.07 bits per heavy atom. The van der Waals surface area contributed by atoms with Gasteiger partial charge in [-0.2, -0.15) is 11.8 Å². The molecule has 0 amide bonds. The molecule has 1 fully saturated rings. The zero-order valence-electron chi connectivity index (χ0n) is 8.74. The molecule has 1 aromatic carbocycles. The van der Waals surface area contributed by atoms with Crippen LogP contribution >= 0.6 is 27.7 Å². The molecule has 1 saturated heterocycles. The van der Waals surface area contributed by atoms with Crippen LogP contribution in [0.15, 0.2) is 28.7 Å². The van der Waals surface area contributed by atoms with Gasteiger partial charge < -0.3 is 5.11 Å². The normalized spacial score (nSPS) is 31.5. The molecule has 0 saturated carbocycles. The summed E-state index contributed by atoms with van der Waals surface area (Å²) in [5.41, 5.74) is 0.433. The maximum Gasteiger partial charge on any atom is 0.0987 e. The van der Waals surface area contributed by atoms with E-state index in [0.717, 1.165) is 28.6 Å². The van der Waals surface area contributed by atoms with Crippen LogP contribution in [-0.2, 0) is 5.60 Å². The largest absolute Gasteiger partial charge is 0.384 e. The van der Waals surface area contributed by atoms with Crippen molar-refractivity contribution < 1.29 is 5.11 Å². The van der Waals surface area contributed by atoms with E-state index in [0.29, 0.717) is 5.25 Å². The summed E-state index contributed by atoms with van der Waals surface area (Å²) in [6, 6.07) is 8.02. The Morgan fingerprint density at radius 1 is 1.40 bits per heavy atom. The zero-order valence-corrected chi connectivity index (χ0v) is 11.1. The molecule has 0 unspecified atom stereocenters. The van der Waals surface area contributed by atoms with Crippen molar-refractivity contribution in [1.82, 2.24) is 0 Å². The van der Waals surface area contributed by atoms with Crippen LogP contribution in [0.5, 0.6) is 0 Å². The lowest BCUT2D eigenvalue weighted by atomic mass is 9.90. The van der Waals surface area contributed by atoms with E-state index in [1.54, 1.807) is 0 Å². The van der Waals surface area contributed by atoms with Crippen molar-refractivity contribution in [2.75, 3.05) is 5.75 Å². The third kappa shape index (κ3) is 2.58. The average Bonchev–Trinajstić information content (AvgIpc) is 2.24.